The predicted molar refractivity (Wildman–Crippen MR) is 93.3 cm³/mol. The van der Waals surface area contributed by atoms with E-state index in [0.717, 1.165) is 0 Å². The number of aliphatic carboxylic acids is 1. The van der Waals surface area contributed by atoms with Gasteiger partial charge in [-0.2, -0.15) is 0 Å². The van der Waals surface area contributed by atoms with Crippen molar-refractivity contribution >= 4 is 29.2 Å². The van der Waals surface area contributed by atoms with Crippen LogP contribution >= 0.6 is 11.6 Å². The molecule has 0 fully saturated rings. The lowest BCUT2D eigenvalue weighted by molar-refractivity contribution is -0.384. The lowest BCUT2D eigenvalue weighted by atomic mass is 10.1. The molecule has 0 saturated carbocycles. The fraction of sp³-hybridized carbons (Fsp3) is 0.176. The molecular weight excluding hydrogens is 364 g/mol. The topological polar surface area (TPSA) is 119 Å². The first-order chi connectivity index (χ1) is 12.3. The summed E-state index contributed by atoms with van der Waals surface area (Å²) in [7, 11) is 0. The molecule has 0 unspecified atom stereocenters. The maximum absolute atomic E-state index is 11.9. The molecule has 0 aliphatic rings. The van der Waals surface area contributed by atoms with Crippen LogP contribution in [0.5, 0.6) is 5.75 Å². The zero-order valence-electron chi connectivity index (χ0n) is 13.4. The smallest absolute Gasteiger partial charge is 0.326 e. The number of carboxylic acids is 1. The largest absolute Gasteiger partial charge is 0.484 e. The monoisotopic (exact) mass is 378 g/mol. The molecule has 2 rings (SSSR count). The molecule has 0 aliphatic carbocycles. The van der Waals surface area contributed by atoms with Gasteiger partial charge in [-0.3, -0.25) is 14.9 Å². The van der Waals surface area contributed by atoms with E-state index in [1.807, 2.05) is 0 Å². The van der Waals surface area contributed by atoms with Gasteiger partial charge in [-0.25, -0.2) is 4.79 Å². The van der Waals surface area contributed by atoms with Crippen LogP contribution in [0.3, 0.4) is 0 Å². The Labute approximate surface area is 153 Å². The van der Waals surface area contributed by atoms with Crippen molar-refractivity contribution in [3.8, 4) is 5.75 Å². The van der Waals surface area contributed by atoms with Gasteiger partial charge in [-0.15, -0.1) is 0 Å². The number of benzene rings is 2. The Hall–Kier alpha value is -3.13. The number of amides is 1. The number of hydrogen-bond donors (Lipinski definition) is 2. The Bertz CT molecular complexity index is 792. The standard InChI is InChI=1S/C17H15ClN2O6/c18-12-3-1-11(2-4-12)9-15(17(22)23)19-16(21)10-26-14-7-5-13(6-8-14)20(24)25/h1-8,15H,9-10H2,(H,19,21)(H,22,23)/t15-/m0/s1. The van der Waals surface area contributed by atoms with Gasteiger partial charge in [0.05, 0.1) is 4.92 Å². The van der Waals surface area contributed by atoms with E-state index < -0.39 is 29.4 Å². The van der Waals surface area contributed by atoms with E-state index in [9.17, 15) is 24.8 Å². The highest BCUT2D eigenvalue weighted by atomic mass is 35.5. The van der Waals surface area contributed by atoms with E-state index in [4.69, 9.17) is 16.3 Å². The van der Waals surface area contributed by atoms with Crippen LogP contribution in [-0.2, 0) is 16.0 Å². The molecule has 26 heavy (non-hydrogen) atoms. The van der Waals surface area contributed by atoms with E-state index >= 15 is 0 Å². The van der Waals surface area contributed by atoms with Gasteiger partial charge in [-0.05, 0) is 29.8 Å². The second-order valence-electron chi connectivity index (χ2n) is 5.33. The van der Waals surface area contributed by atoms with Crippen molar-refractivity contribution in [3.05, 3.63) is 69.2 Å². The number of rotatable bonds is 8. The zero-order valence-corrected chi connectivity index (χ0v) is 14.2. The molecule has 2 N–H and O–H groups in total. The average Bonchev–Trinajstić information content (AvgIpc) is 2.61. The number of nitrogens with one attached hydrogen (secondary N) is 1. The van der Waals surface area contributed by atoms with Crippen molar-refractivity contribution in [2.75, 3.05) is 6.61 Å². The number of hydrogen-bond acceptors (Lipinski definition) is 5. The molecule has 1 amide bonds. The predicted octanol–water partition coefficient (Wildman–Crippen LogP) is 2.44. The first-order valence-electron chi connectivity index (χ1n) is 7.49. The minimum atomic E-state index is -1.18. The second-order valence-corrected chi connectivity index (χ2v) is 5.77. The van der Waals surface area contributed by atoms with E-state index in [1.54, 1.807) is 24.3 Å². The number of carboxylic acid groups (broad SMARTS) is 1. The van der Waals surface area contributed by atoms with Gasteiger partial charge >= 0.3 is 5.97 Å². The lowest BCUT2D eigenvalue weighted by Crippen LogP contribution is -2.44. The van der Waals surface area contributed by atoms with Crippen LogP contribution in [0.1, 0.15) is 5.56 Å². The van der Waals surface area contributed by atoms with Crippen molar-refractivity contribution in [3.63, 3.8) is 0 Å². The molecule has 0 radical (unpaired) electrons. The van der Waals surface area contributed by atoms with E-state index in [2.05, 4.69) is 5.32 Å². The van der Waals surface area contributed by atoms with E-state index in [-0.39, 0.29) is 17.9 Å². The highest BCUT2D eigenvalue weighted by molar-refractivity contribution is 6.30. The van der Waals surface area contributed by atoms with Gasteiger partial charge in [-0.1, -0.05) is 23.7 Å². The van der Waals surface area contributed by atoms with E-state index in [1.165, 1.54) is 24.3 Å². The fourth-order valence-corrected chi connectivity index (χ4v) is 2.23. The Morgan fingerprint density at radius 3 is 2.31 bits per heavy atom. The molecule has 2 aromatic carbocycles. The van der Waals surface area contributed by atoms with E-state index in [0.29, 0.717) is 10.6 Å². The summed E-state index contributed by atoms with van der Waals surface area (Å²) in [5.74, 6) is -1.54. The highest BCUT2D eigenvalue weighted by Gasteiger charge is 2.20. The highest BCUT2D eigenvalue weighted by Crippen LogP contribution is 2.17. The van der Waals surface area contributed by atoms with Gasteiger partial charge in [0.15, 0.2) is 6.61 Å². The third-order valence-corrected chi connectivity index (χ3v) is 3.66. The summed E-state index contributed by atoms with van der Waals surface area (Å²) in [6, 6.07) is 10.7. The van der Waals surface area contributed by atoms with Gasteiger partial charge in [0.25, 0.3) is 11.6 Å². The van der Waals surface area contributed by atoms with Gasteiger partial charge in [0.1, 0.15) is 11.8 Å². The minimum Gasteiger partial charge on any atom is -0.484 e. The molecule has 136 valence electrons. The maximum atomic E-state index is 11.9. The van der Waals surface area contributed by atoms with Crippen molar-refractivity contribution in [1.29, 1.82) is 0 Å². The van der Waals surface area contributed by atoms with Crippen LogP contribution in [-0.4, -0.2) is 34.6 Å². The molecule has 8 nitrogen and oxygen atoms in total. The number of non-ortho nitro benzene ring substituents is 1. The maximum Gasteiger partial charge on any atom is 0.326 e. The third-order valence-electron chi connectivity index (χ3n) is 3.40. The van der Waals surface area contributed by atoms with Crippen molar-refractivity contribution < 1.29 is 24.4 Å². The normalized spacial score (nSPS) is 11.4. The molecule has 1 atom stereocenters. The van der Waals surface area contributed by atoms with Crippen molar-refractivity contribution in [2.45, 2.75) is 12.5 Å². The van der Waals surface area contributed by atoms with Crippen LogP contribution in [0.15, 0.2) is 48.5 Å². The zero-order chi connectivity index (χ0) is 19.1. The Kier molecular flexibility index (Phi) is 6.51. The number of carbonyl (C=O) groups is 2. The number of carbonyl (C=O) groups excluding carboxylic acids is 1. The number of nitro benzene ring substituents is 1. The van der Waals surface area contributed by atoms with Gasteiger partial charge < -0.3 is 15.2 Å². The van der Waals surface area contributed by atoms with Crippen molar-refractivity contribution in [2.24, 2.45) is 0 Å². The fourth-order valence-electron chi connectivity index (χ4n) is 2.11. The molecule has 0 aromatic heterocycles. The molecule has 0 bridgehead atoms. The van der Waals surface area contributed by atoms with Gasteiger partial charge in [0, 0.05) is 23.6 Å². The summed E-state index contributed by atoms with van der Waals surface area (Å²) in [5, 5.41) is 22.7. The van der Waals surface area contributed by atoms with Crippen LogP contribution in [0.25, 0.3) is 0 Å². The molecule has 0 spiro atoms. The first kappa shape index (κ1) is 19.2. The molecule has 0 aliphatic heterocycles. The number of nitrogens with zero attached hydrogens (tertiary/aromatic N) is 1. The summed E-state index contributed by atoms with van der Waals surface area (Å²) in [6.45, 7) is -0.414. The lowest BCUT2D eigenvalue weighted by Gasteiger charge is -2.15. The first-order valence-corrected chi connectivity index (χ1v) is 7.87. The molecule has 0 saturated heterocycles. The average molecular weight is 379 g/mol. The summed E-state index contributed by atoms with van der Waals surface area (Å²) < 4.78 is 5.20. The van der Waals surface area contributed by atoms with Crippen LogP contribution in [0.2, 0.25) is 5.02 Å². The number of halogens is 1. The summed E-state index contributed by atoms with van der Waals surface area (Å²) in [4.78, 5) is 33.3. The summed E-state index contributed by atoms with van der Waals surface area (Å²) in [5.41, 5.74) is 0.606. The third kappa shape index (κ3) is 5.75. The van der Waals surface area contributed by atoms with Crippen LogP contribution in [0.4, 0.5) is 5.69 Å². The number of nitro groups is 1. The quantitative estimate of drug-likeness (QED) is 0.538. The Balaban J connectivity index is 1.89. The summed E-state index contributed by atoms with van der Waals surface area (Å²) >= 11 is 5.78. The molecule has 2 aromatic rings. The second kappa shape index (κ2) is 8.82. The SMILES string of the molecule is O=C(COc1ccc([N+](=O)[O-])cc1)N[C@@H](Cc1ccc(Cl)cc1)C(=O)O. The Morgan fingerprint density at radius 2 is 1.77 bits per heavy atom. The molecule has 9 heteroatoms. The number of ether oxygens (including phenoxy) is 1. The van der Waals surface area contributed by atoms with Crippen LogP contribution < -0.4 is 10.1 Å². The van der Waals surface area contributed by atoms with Crippen LogP contribution in [0, 0.1) is 10.1 Å². The molecular formula is C17H15ClN2O6. The van der Waals surface area contributed by atoms with Gasteiger partial charge in [0.2, 0.25) is 0 Å². The minimum absolute atomic E-state index is 0.0930. The Morgan fingerprint density at radius 1 is 1.15 bits per heavy atom. The molecule has 0 heterocycles. The van der Waals surface area contributed by atoms with Crippen molar-refractivity contribution in [1.82, 2.24) is 5.32 Å². The summed E-state index contributed by atoms with van der Waals surface area (Å²) in [6.07, 6.45) is 0.0930.